The van der Waals surface area contributed by atoms with Crippen molar-refractivity contribution in [3.05, 3.63) is 48.5 Å². The molecule has 0 radical (unpaired) electrons. The first-order valence-electron chi connectivity index (χ1n) is 8.33. The van der Waals surface area contributed by atoms with Gasteiger partial charge < -0.3 is 9.67 Å². The van der Waals surface area contributed by atoms with E-state index in [4.69, 9.17) is 0 Å². The highest BCUT2D eigenvalue weighted by atomic mass is 16.3. The highest BCUT2D eigenvalue weighted by Crippen LogP contribution is 2.15. The molecule has 5 heteroatoms. The number of hydrogen-bond acceptors (Lipinski definition) is 4. The average molecular weight is 314 g/mol. The van der Waals surface area contributed by atoms with Crippen molar-refractivity contribution in [3.8, 4) is 5.69 Å². The van der Waals surface area contributed by atoms with E-state index in [2.05, 4.69) is 46.0 Å². The van der Waals surface area contributed by atoms with Gasteiger partial charge >= 0.3 is 0 Å². The molecule has 3 rings (SSSR count). The maximum Gasteiger partial charge on any atom is 0.0991 e. The van der Waals surface area contributed by atoms with E-state index in [0.717, 1.165) is 38.4 Å². The van der Waals surface area contributed by atoms with Gasteiger partial charge in [-0.25, -0.2) is 4.98 Å². The van der Waals surface area contributed by atoms with E-state index in [1.54, 1.807) is 6.20 Å². The van der Waals surface area contributed by atoms with Crippen LogP contribution in [0.3, 0.4) is 0 Å². The Morgan fingerprint density at radius 3 is 2.65 bits per heavy atom. The van der Waals surface area contributed by atoms with Crippen molar-refractivity contribution in [3.63, 3.8) is 0 Å². The third-order valence-corrected chi connectivity index (χ3v) is 4.49. The number of aliphatic hydroxyl groups is 1. The van der Waals surface area contributed by atoms with Gasteiger partial charge in [0.1, 0.15) is 0 Å². The summed E-state index contributed by atoms with van der Waals surface area (Å²) < 4.78 is 2.01. The fourth-order valence-electron chi connectivity index (χ4n) is 3.27. The zero-order valence-electron chi connectivity index (χ0n) is 14.0. The van der Waals surface area contributed by atoms with Crippen molar-refractivity contribution in [2.24, 2.45) is 0 Å². The van der Waals surface area contributed by atoms with Gasteiger partial charge in [0.05, 0.1) is 12.4 Å². The van der Waals surface area contributed by atoms with Crippen LogP contribution in [0.2, 0.25) is 0 Å². The maximum atomic E-state index is 9.57. The summed E-state index contributed by atoms with van der Waals surface area (Å²) >= 11 is 0. The molecule has 1 saturated heterocycles. The molecule has 0 aliphatic carbocycles. The second-order valence-electron chi connectivity index (χ2n) is 6.56. The lowest BCUT2D eigenvalue weighted by molar-refractivity contribution is 0.0423. The minimum atomic E-state index is -0.250. The lowest BCUT2D eigenvalue weighted by Crippen LogP contribution is -2.53. The molecule has 1 N–H and O–H groups in total. The van der Waals surface area contributed by atoms with Crippen LogP contribution in [0, 0.1) is 0 Å². The maximum absolute atomic E-state index is 9.57. The predicted molar refractivity (Wildman–Crippen MR) is 91.6 cm³/mol. The Kier molecular flexibility index (Phi) is 5.10. The van der Waals surface area contributed by atoms with Crippen LogP contribution in [0.1, 0.15) is 19.4 Å². The molecule has 124 valence electrons. The first kappa shape index (κ1) is 16.2. The van der Waals surface area contributed by atoms with Crippen LogP contribution < -0.4 is 0 Å². The predicted octanol–water partition coefficient (Wildman–Crippen LogP) is 1.76. The Hall–Kier alpha value is -1.69. The summed E-state index contributed by atoms with van der Waals surface area (Å²) in [6.07, 6.45) is 5.32. The second kappa shape index (κ2) is 7.25. The molecule has 2 aromatic rings. The summed E-state index contributed by atoms with van der Waals surface area (Å²) in [5.41, 5.74) is 2.48. The Bertz CT molecular complexity index is 594. The molecule has 1 aliphatic heterocycles. The lowest BCUT2D eigenvalue weighted by Gasteiger charge is -2.40. The smallest absolute Gasteiger partial charge is 0.0991 e. The first-order valence-corrected chi connectivity index (χ1v) is 8.33. The van der Waals surface area contributed by atoms with E-state index in [-0.39, 0.29) is 6.10 Å². The Balaban J connectivity index is 1.56. The first-order chi connectivity index (χ1) is 11.1. The average Bonchev–Trinajstić information content (AvgIpc) is 3.05. The van der Waals surface area contributed by atoms with E-state index < -0.39 is 0 Å². The van der Waals surface area contributed by atoms with Gasteiger partial charge in [-0.2, -0.15) is 0 Å². The summed E-state index contributed by atoms with van der Waals surface area (Å²) in [6, 6.07) is 9.17. The lowest BCUT2D eigenvalue weighted by atomic mass is 10.1. The Morgan fingerprint density at radius 2 is 2.04 bits per heavy atom. The monoisotopic (exact) mass is 314 g/mol. The van der Waals surface area contributed by atoms with Gasteiger partial charge in [0.15, 0.2) is 0 Å². The SMILES string of the molecule is C[C@H](O)CN1CCN(Cc2ccc(-n3ccnc3)cc2)C[C@H]1C. The highest BCUT2D eigenvalue weighted by molar-refractivity contribution is 5.34. The number of aliphatic hydroxyl groups excluding tert-OH is 1. The van der Waals surface area contributed by atoms with Crippen LogP contribution in [0.25, 0.3) is 5.69 Å². The zero-order chi connectivity index (χ0) is 16.2. The number of rotatable bonds is 5. The molecule has 0 saturated carbocycles. The van der Waals surface area contributed by atoms with Gasteiger partial charge in [0.2, 0.25) is 0 Å². The van der Waals surface area contributed by atoms with E-state index in [9.17, 15) is 5.11 Å². The van der Waals surface area contributed by atoms with Gasteiger partial charge in [-0.3, -0.25) is 9.80 Å². The number of imidazole rings is 1. The third-order valence-electron chi connectivity index (χ3n) is 4.49. The van der Waals surface area contributed by atoms with Gasteiger partial charge in [-0.15, -0.1) is 0 Å². The van der Waals surface area contributed by atoms with Crippen LogP contribution in [0.4, 0.5) is 0 Å². The number of hydrogen-bond donors (Lipinski definition) is 1. The van der Waals surface area contributed by atoms with Crippen LogP contribution >= 0.6 is 0 Å². The topological polar surface area (TPSA) is 44.5 Å². The van der Waals surface area contributed by atoms with Gasteiger partial charge in [-0.1, -0.05) is 12.1 Å². The Morgan fingerprint density at radius 1 is 1.26 bits per heavy atom. The minimum Gasteiger partial charge on any atom is -0.392 e. The summed E-state index contributed by atoms with van der Waals surface area (Å²) in [5.74, 6) is 0. The summed E-state index contributed by atoms with van der Waals surface area (Å²) in [4.78, 5) is 8.96. The van der Waals surface area contributed by atoms with Gasteiger partial charge in [-0.05, 0) is 31.5 Å². The van der Waals surface area contributed by atoms with Crippen molar-refractivity contribution in [1.29, 1.82) is 0 Å². The number of nitrogens with zero attached hydrogens (tertiary/aromatic N) is 4. The van der Waals surface area contributed by atoms with Crippen molar-refractivity contribution >= 4 is 0 Å². The quantitative estimate of drug-likeness (QED) is 0.913. The van der Waals surface area contributed by atoms with Gasteiger partial charge in [0.25, 0.3) is 0 Å². The fourth-order valence-corrected chi connectivity index (χ4v) is 3.27. The molecule has 0 unspecified atom stereocenters. The van der Waals surface area contributed by atoms with Crippen LogP contribution in [-0.2, 0) is 6.54 Å². The fraction of sp³-hybridized carbons (Fsp3) is 0.500. The van der Waals surface area contributed by atoms with Gasteiger partial charge in [0, 0.05) is 56.8 Å². The molecule has 2 heterocycles. The van der Waals surface area contributed by atoms with Crippen LogP contribution in [0.15, 0.2) is 43.0 Å². The number of aromatic nitrogens is 2. The van der Waals surface area contributed by atoms with E-state index in [1.807, 2.05) is 24.0 Å². The second-order valence-corrected chi connectivity index (χ2v) is 6.56. The number of benzene rings is 1. The number of β-amino-alcohol motifs (C(OH)–C–C–N with tert-alkyl or cyclic N) is 1. The molecule has 1 aliphatic rings. The molecule has 5 nitrogen and oxygen atoms in total. The molecule has 0 bridgehead atoms. The van der Waals surface area contributed by atoms with Crippen molar-refractivity contribution in [2.45, 2.75) is 32.5 Å². The molecular formula is C18H26N4O. The summed E-state index contributed by atoms with van der Waals surface area (Å²) in [6.45, 7) is 9.00. The Labute approximate surface area is 138 Å². The molecular weight excluding hydrogens is 288 g/mol. The van der Waals surface area contributed by atoms with E-state index in [0.29, 0.717) is 6.04 Å². The van der Waals surface area contributed by atoms with E-state index in [1.165, 1.54) is 5.56 Å². The van der Waals surface area contributed by atoms with Crippen molar-refractivity contribution < 1.29 is 5.11 Å². The van der Waals surface area contributed by atoms with Crippen molar-refractivity contribution in [2.75, 3.05) is 26.2 Å². The summed E-state index contributed by atoms with van der Waals surface area (Å²) in [5, 5.41) is 9.57. The molecule has 1 aromatic heterocycles. The molecule has 23 heavy (non-hydrogen) atoms. The highest BCUT2D eigenvalue weighted by Gasteiger charge is 2.24. The largest absolute Gasteiger partial charge is 0.392 e. The molecule has 0 spiro atoms. The normalized spacial score (nSPS) is 21.4. The molecule has 1 fully saturated rings. The summed E-state index contributed by atoms with van der Waals surface area (Å²) in [7, 11) is 0. The van der Waals surface area contributed by atoms with Crippen LogP contribution in [-0.4, -0.2) is 62.8 Å². The minimum absolute atomic E-state index is 0.250. The molecule has 1 aromatic carbocycles. The number of piperazine rings is 1. The molecule has 2 atom stereocenters. The standard InChI is InChI=1S/C18H26N4O/c1-15-11-20(9-10-21(15)12-16(2)23)13-17-3-5-18(6-4-17)22-8-7-19-14-22/h3-8,14-16,23H,9-13H2,1-2H3/t15-,16+/m1/s1. The zero-order valence-corrected chi connectivity index (χ0v) is 14.0. The van der Waals surface area contributed by atoms with E-state index >= 15 is 0 Å². The van der Waals surface area contributed by atoms with Crippen LogP contribution in [0.5, 0.6) is 0 Å². The molecule has 0 amide bonds. The van der Waals surface area contributed by atoms with Crippen molar-refractivity contribution in [1.82, 2.24) is 19.4 Å². The third kappa shape index (κ3) is 4.19.